The van der Waals surface area contributed by atoms with Crippen LogP contribution in [0.25, 0.3) is 0 Å². The summed E-state index contributed by atoms with van der Waals surface area (Å²) in [4.78, 5) is 13.0. The van der Waals surface area contributed by atoms with E-state index in [4.69, 9.17) is 4.74 Å². The Morgan fingerprint density at radius 1 is 1.30 bits per heavy atom. The molecule has 0 heterocycles. The zero-order valence-corrected chi connectivity index (χ0v) is 14.8. The van der Waals surface area contributed by atoms with Crippen molar-refractivity contribution >= 4 is 27.5 Å². The van der Waals surface area contributed by atoms with Crippen LogP contribution in [0.4, 0.5) is 10.1 Å². The lowest BCUT2D eigenvalue weighted by Gasteiger charge is -2.59. The Hall–Kier alpha value is -1.10. The molecule has 4 fully saturated rings. The summed E-state index contributed by atoms with van der Waals surface area (Å²) in [7, 11) is 1.43. The van der Waals surface area contributed by atoms with Crippen molar-refractivity contribution in [3.63, 3.8) is 0 Å². The van der Waals surface area contributed by atoms with Crippen molar-refractivity contribution in [2.24, 2.45) is 17.3 Å². The molecule has 2 unspecified atom stereocenters. The van der Waals surface area contributed by atoms with Crippen molar-refractivity contribution in [1.82, 2.24) is 0 Å². The van der Waals surface area contributed by atoms with E-state index in [-0.39, 0.29) is 21.4 Å². The number of amides is 1. The standard InChI is InChI=1S/C18H21BrFNO2/c1-23-15-3-2-13(5-14(15)20)21-16(22)17-6-11-4-12(7-17)9-18(19,8-11)10-17/h2-3,5,11-12H,4,6-10H2,1H3,(H,21,22). The number of methoxy groups -OCH3 is 1. The van der Waals surface area contributed by atoms with Gasteiger partial charge in [0.15, 0.2) is 11.6 Å². The summed E-state index contributed by atoms with van der Waals surface area (Å²) >= 11 is 3.92. The predicted octanol–water partition coefficient (Wildman–Crippen LogP) is 4.51. The maximum absolute atomic E-state index is 13.8. The van der Waals surface area contributed by atoms with E-state index < -0.39 is 5.82 Å². The van der Waals surface area contributed by atoms with E-state index in [1.807, 2.05) is 0 Å². The number of halogens is 2. The van der Waals surface area contributed by atoms with Crippen molar-refractivity contribution < 1.29 is 13.9 Å². The molecule has 1 aromatic rings. The average molecular weight is 382 g/mol. The first-order chi connectivity index (χ1) is 10.9. The van der Waals surface area contributed by atoms with E-state index in [2.05, 4.69) is 21.2 Å². The van der Waals surface area contributed by atoms with Crippen LogP contribution in [0, 0.1) is 23.1 Å². The fraction of sp³-hybridized carbons (Fsp3) is 0.611. The van der Waals surface area contributed by atoms with E-state index in [1.165, 1.54) is 32.4 Å². The van der Waals surface area contributed by atoms with Crippen LogP contribution in [0.1, 0.15) is 38.5 Å². The average Bonchev–Trinajstić information content (AvgIpc) is 2.44. The minimum atomic E-state index is -0.451. The van der Waals surface area contributed by atoms with Crippen molar-refractivity contribution in [3.8, 4) is 5.75 Å². The summed E-state index contributed by atoms with van der Waals surface area (Å²) < 4.78 is 18.9. The zero-order valence-electron chi connectivity index (χ0n) is 13.2. The summed E-state index contributed by atoms with van der Waals surface area (Å²) in [5.41, 5.74) is 0.219. The van der Waals surface area contributed by atoms with Crippen molar-refractivity contribution in [1.29, 1.82) is 0 Å². The van der Waals surface area contributed by atoms with Crippen molar-refractivity contribution in [2.75, 3.05) is 12.4 Å². The number of carbonyl (C=O) groups excluding carboxylic acids is 1. The van der Waals surface area contributed by atoms with Gasteiger partial charge in [-0.05, 0) is 62.5 Å². The van der Waals surface area contributed by atoms with Gasteiger partial charge in [-0.25, -0.2) is 4.39 Å². The Balaban J connectivity index is 1.56. The number of carbonyl (C=O) groups is 1. The Kier molecular flexibility index (Phi) is 3.49. The summed E-state index contributed by atoms with van der Waals surface area (Å²) in [6.45, 7) is 0. The molecule has 4 saturated carbocycles. The molecule has 1 aromatic carbocycles. The van der Waals surface area contributed by atoms with Gasteiger partial charge in [-0.15, -0.1) is 0 Å². The highest BCUT2D eigenvalue weighted by Gasteiger charge is 2.59. The van der Waals surface area contributed by atoms with Gasteiger partial charge in [0, 0.05) is 16.1 Å². The SMILES string of the molecule is COc1ccc(NC(=O)C23CC4CC(CC(Br)(C4)C2)C3)cc1F. The summed E-state index contributed by atoms with van der Waals surface area (Å²) in [5, 5.41) is 2.95. The summed E-state index contributed by atoms with van der Waals surface area (Å²) in [6.07, 6.45) is 6.49. The van der Waals surface area contributed by atoms with Gasteiger partial charge < -0.3 is 10.1 Å². The zero-order chi connectivity index (χ0) is 16.2. The second kappa shape index (κ2) is 5.20. The second-order valence-electron chi connectivity index (χ2n) is 7.70. The lowest BCUT2D eigenvalue weighted by Crippen LogP contribution is -2.57. The van der Waals surface area contributed by atoms with Crippen LogP contribution >= 0.6 is 15.9 Å². The highest BCUT2D eigenvalue weighted by molar-refractivity contribution is 9.10. The molecule has 4 aliphatic rings. The minimum absolute atomic E-state index is 0.0555. The maximum Gasteiger partial charge on any atom is 0.230 e. The van der Waals surface area contributed by atoms with Gasteiger partial charge in [0.25, 0.3) is 0 Å². The third kappa shape index (κ3) is 2.57. The number of rotatable bonds is 3. The molecule has 5 rings (SSSR count). The first-order valence-electron chi connectivity index (χ1n) is 8.25. The molecule has 23 heavy (non-hydrogen) atoms. The lowest BCUT2D eigenvalue weighted by atomic mass is 9.49. The molecular weight excluding hydrogens is 361 g/mol. The van der Waals surface area contributed by atoms with Gasteiger partial charge in [-0.3, -0.25) is 4.79 Å². The first-order valence-corrected chi connectivity index (χ1v) is 9.05. The number of hydrogen-bond acceptors (Lipinski definition) is 2. The molecule has 1 N–H and O–H groups in total. The molecule has 5 heteroatoms. The molecular formula is C18H21BrFNO2. The van der Waals surface area contributed by atoms with Gasteiger partial charge in [-0.2, -0.15) is 0 Å². The molecule has 3 nitrogen and oxygen atoms in total. The number of anilines is 1. The Labute approximate surface area is 144 Å². The number of ether oxygens (including phenoxy) is 1. The fourth-order valence-electron chi connectivity index (χ4n) is 5.42. The summed E-state index contributed by atoms with van der Waals surface area (Å²) in [5.74, 6) is 1.09. The van der Waals surface area contributed by atoms with Gasteiger partial charge in [0.2, 0.25) is 5.91 Å². The van der Waals surface area contributed by atoms with E-state index in [0.717, 1.165) is 19.3 Å². The largest absolute Gasteiger partial charge is 0.494 e. The highest BCUT2D eigenvalue weighted by Crippen LogP contribution is 2.64. The highest BCUT2D eigenvalue weighted by atomic mass is 79.9. The molecule has 4 bridgehead atoms. The van der Waals surface area contributed by atoms with Crippen LogP contribution in [0.5, 0.6) is 5.75 Å². The van der Waals surface area contributed by atoms with Gasteiger partial charge in [0.05, 0.1) is 12.5 Å². The van der Waals surface area contributed by atoms with Crippen LogP contribution in [-0.2, 0) is 4.79 Å². The van der Waals surface area contributed by atoms with Crippen molar-refractivity contribution in [3.05, 3.63) is 24.0 Å². The van der Waals surface area contributed by atoms with Gasteiger partial charge in [0.1, 0.15) is 0 Å². The fourth-order valence-corrected chi connectivity index (χ4v) is 6.88. The monoisotopic (exact) mass is 381 g/mol. The van der Waals surface area contributed by atoms with E-state index in [1.54, 1.807) is 12.1 Å². The van der Waals surface area contributed by atoms with Crippen molar-refractivity contribution in [2.45, 2.75) is 42.8 Å². The van der Waals surface area contributed by atoms with Crippen LogP contribution in [0.3, 0.4) is 0 Å². The Morgan fingerprint density at radius 3 is 2.57 bits per heavy atom. The molecule has 0 radical (unpaired) electrons. The lowest BCUT2D eigenvalue weighted by molar-refractivity contribution is -0.138. The summed E-state index contributed by atoms with van der Waals surface area (Å²) in [6, 6.07) is 4.59. The van der Waals surface area contributed by atoms with Crippen LogP contribution in [0.15, 0.2) is 18.2 Å². The third-order valence-electron chi connectivity index (χ3n) is 5.88. The van der Waals surface area contributed by atoms with E-state index in [0.29, 0.717) is 17.5 Å². The molecule has 0 spiro atoms. The molecule has 1 amide bonds. The van der Waals surface area contributed by atoms with E-state index in [9.17, 15) is 9.18 Å². The molecule has 0 aliphatic heterocycles. The predicted molar refractivity (Wildman–Crippen MR) is 90.4 cm³/mol. The number of alkyl halides is 1. The maximum atomic E-state index is 13.8. The third-order valence-corrected chi connectivity index (χ3v) is 6.81. The first kappa shape index (κ1) is 15.4. The Morgan fingerprint density at radius 2 is 2.00 bits per heavy atom. The van der Waals surface area contributed by atoms with Gasteiger partial charge in [-0.1, -0.05) is 15.9 Å². The number of nitrogens with one attached hydrogen (secondary N) is 1. The normalized spacial score (nSPS) is 37.7. The smallest absolute Gasteiger partial charge is 0.230 e. The molecule has 0 aromatic heterocycles. The van der Waals surface area contributed by atoms with Gasteiger partial charge >= 0.3 is 0 Å². The van der Waals surface area contributed by atoms with Crippen LogP contribution in [0.2, 0.25) is 0 Å². The topological polar surface area (TPSA) is 38.3 Å². The molecule has 2 atom stereocenters. The molecule has 0 saturated heterocycles. The minimum Gasteiger partial charge on any atom is -0.494 e. The second-order valence-corrected chi connectivity index (χ2v) is 9.38. The number of benzene rings is 1. The van der Waals surface area contributed by atoms with Crippen LogP contribution in [-0.4, -0.2) is 17.3 Å². The Bertz CT molecular complexity index is 648. The quantitative estimate of drug-likeness (QED) is 0.782. The number of hydrogen-bond donors (Lipinski definition) is 1. The molecule has 124 valence electrons. The molecule has 4 aliphatic carbocycles. The van der Waals surface area contributed by atoms with Crippen LogP contribution < -0.4 is 10.1 Å². The van der Waals surface area contributed by atoms with E-state index >= 15 is 0 Å².